The van der Waals surface area contributed by atoms with E-state index < -0.39 is 5.89 Å². The van der Waals surface area contributed by atoms with Gasteiger partial charge in [-0.25, -0.2) is 0 Å². The normalized spacial score (nSPS) is 28.7. The van der Waals surface area contributed by atoms with Crippen LogP contribution in [0.1, 0.15) is 24.3 Å². The summed E-state index contributed by atoms with van der Waals surface area (Å²) in [5.74, 6) is 0.982. The Kier molecular flexibility index (Phi) is 2.52. The third-order valence-electron chi connectivity index (χ3n) is 4.16. The fourth-order valence-electron chi connectivity index (χ4n) is 3.27. The van der Waals surface area contributed by atoms with E-state index in [0.717, 1.165) is 29.2 Å². The van der Waals surface area contributed by atoms with E-state index in [4.69, 9.17) is 17.7 Å². The summed E-state index contributed by atoms with van der Waals surface area (Å²) in [4.78, 5) is 2.21. The van der Waals surface area contributed by atoms with Crippen LogP contribution in [0.15, 0.2) is 42.5 Å². The predicted octanol–water partition coefficient (Wildman–Crippen LogP) is 4.26. The average molecular weight is 288 g/mol. The minimum absolute atomic E-state index is 0.0958. The smallest absolute Gasteiger partial charge is 0.131 e. The molecule has 0 amide bonds. The van der Waals surface area contributed by atoms with Crippen LogP contribution in [0.25, 0.3) is 0 Å². The molecule has 20 heavy (non-hydrogen) atoms. The highest BCUT2D eigenvalue weighted by atomic mass is 35.5. The molecule has 2 aliphatic heterocycles. The first-order valence-corrected chi connectivity index (χ1v) is 7.21. The Bertz CT molecular complexity index is 720. The molecule has 2 atom stereocenters. The van der Waals surface area contributed by atoms with Crippen LogP contribution in [0.2, 0.25) is 5.02 Å². The first-order valence-electron chi connectivity index (χ1n) is 7.33. The molecule has 0 aromatic heterocycles. The Morgan fingerprint density at radius 1 is 1.15 bits per heavy atom. The first kappa shape index (κ1) is 11.2. The van der Waals surface area contributed by atoms with E-state index in [1.807, 2.05) is 36.4 Å². The Morgan fingerprint density at radius 2 is 1.95 bits per heavy atom. The van der Waals surface area contributed by atoms with Crippen molar-refractivity contribution in [2.45, 2.75) is 11.8 Å². The number of likely N-dealkylation sites (tertiary alicyclic amines) is 1. The minimum atomic E-state index is -0.721. The molecule has 0 N–H and O–H groups in total. The van der Waals surface area contributed by atoms with E-state index in [2.05, 4.69) is 18.0 Å². The summed E-state index contributed by atoms with van der Waals surface area (Å²) < 4.78 is 15.2. The van der Waals surface area contributed by atoms with Crippen LogP contribution >= 0.6 is 11.6 Å². The molecule has 2 nitrogen and oxygen atoms in total. The SMILES string of the molecule is [3H][C@@]12CN(C)C[C@H]1c1ccccc1Oc1ccc(Cl)cc12. The Balaban J connectivity index is 2.00. The van der Waals surface area contributed by atoms with Crippen molar-refractivity contribution in [3.63, 3.8) is 0 Å². The fraction of sp³-hybridized carbons (Fsp3) is 0.294. The highest BCUT2D eigenvalue weighted by Gasteiger charge is 2.38. The molecular formula is C17H16ClNO. The Morgan fingerprint density at radius 3 is 2.85 bits per heavy atom. The van der Waals surface area contributed by atoms with Crippen LogP contribution in [0.5, 0.6) is 11.5 Å². The van der Waals surface area contributed by atoms with Crippen molar-refractivity contribution in [3.8, 4) is 11.5 Å². The monoisotopic (exact) mass is 287 g/mol. The van der Waals surface area contributed by atoms with E-state index in [0.29, 0.717) is 11.6 Å². The lowest BCUT2D eigenvalue weighted by Crippen LogP contribution is -2.14. The number of para-hydroxylation sites is 1. The Hall–Kier alpha value is -1.51. The van der Waals surface area contributed by atoms with Crippen molar-refractivity contribution < 1.29 is 6.11 Å². The number of ether oxygens (including phenoxy) is 1. The van der Waals surface area contributed by atoms with Gasteiger partial charge in [0.05, 0.1) is 0 Å². The van der Waals surface area contributed by atoms with Gasteiger partial charge in [-0.15, -0.1) is 0 Å². The zero-order chi connectivity index (χ0) is 14.6. The lowest BCUT2D eigenvalue weighted by molar-refractivity contribution is 0.401. The van der Waals surface area contributed by atoms with Crippen LogP contribution in [-0.4, -0.2) is 25.0 Å². The molecule has 2 aromatic rings. The van der Waals surface area contributed by atoms with Gasteiger partial charge in [0.15, 0.2) is 0 Å². The van der Waals surface area contributed by atoms with E-state index >= 15 is 0 Å². The maximum atomic E-state index is 9.14. The van der Waals surface area contributed by atoms with E-state index in [9.17, 15) is 0 Å². The van der Waals surface area contributed by atoms with Gasteiger partial charge < -0.3 is 9.64 Å². The molecule has 0 aliphatic carbocycles. The third kappa shape index (κ3) is 1.83. The molecular weight excluding hydrogens is 270 g/mol. The molecule has 4 rings (SSSR count). The van der Waals surface area contributed by atoms with Crippen molar-refractivity contribution in [2.24, 2.45) is 0 Å². The van der Waals surface area contributed by atoms with Gasteiger partial charge in [-0.2, -0.15) is 0 Å². The molecule has 1 saturated heterocycles. The van der Waals surface area contributed by atoms with Gasteiger partial charge in [0.25, 0.3) is 0 Å². The molecule has 0 saturated carbocycles. The van der Waals surface area contributed by atoms with Crippen LogP contribution in [0, 0.1) is 0 Å². The van der Waals surface area contributed by atoms with Crippen molar-refractivity contribution in [2.75, 3.05) is 20.1 Å². The number of hydrogen-bond donors (Lipinski definition) is 0. The lowest BCUT2D eigenvalue weighted by Gasteiger charge is -2.17. The van der Waals surface area contributed by atoms with Crippen LogP contribution in [0.3, 0.4) is 0 Å². The van der Waals surface area contributed by atoms with Crippen LogP contribution in [0.4, 0.5) is 0 Å². The quantitative estimate of drug-likeness (QED) is 0.718. The summed E-state index contributed by atoms with van der Waals surface area (Å²) in [5.41, 5.74) is 2.00. The maximum Gasteiger partial charge on any atom is 0.131 e. The predicted molar refractivity (Wildman–Crippen MR) is 80.9 cm³/mol. The molecule has 0 radical (unpaired) electrons. The number of rotatable bonds is 0. The summed E-state index contributed by atoms with van der Waals surface area (Å²) in [5, 5.41) is 0.656. The molecule has 0 bridgehead atoms. The number of nitrogens with zero attached hydrogens (tertiary/aromatic N) is 1. The summed E-state index contributed by atoms with van der Waals surface area (Å²) >= 11 is 6.18. The summed E-state index contributed by atoms with van der Waals surface area (Å²) in [6, 6.07) is 13.7. The average Bonchev–Trinajstić information content (AvgIpc) is 2.73. The van der Waals surface area contributed by atoms with Crippen molar-refractivity contribution in [1.82, 2.24) is 4.90 Å². The van der Waals surface area contributed by atoms with Crippen molar-refractivity contribution in [3.05, 3.63) is 58.6 Å². The van der Waals surface area contributed by atoms with E-state index in [1.54, 1.807) is 0 Å². The van der Waals surface area contributed by atoms with Crippen LogP contribution in [-0.2, 0) is 0 Å². The fourth-order valence-corrected chi connectivity index (χ4v) is 3.44. The highest BCUT2D eigenvalue weighted by molar-refractivity contribution is 6.30. The number of hydrogen-bond acceptors (Lipinski definition) is 2. The van der Waals surface area contributed by atoms with Gasteiger partial charge in [0, 0.05) is 36.9 Å². The Labute approximate surface area is 125 Å². The zero-order valence-electron chi connectivity index (χ0n) is 12.3. The molecule has 2 aromatic carbocycles. The van der Waals surface area contributed by atoms with E-state index in [1.165, 1.54) is 0 Å². The van der Waals surface area contributed by atoms with Gasteiger partial charge >= 0.3 is 0 Å². The molecule has 1 fully saturated rings. The van der Waals surface area contributed by atoms with Gasteiger partial charge in [0.1, 0.15) is 11.5 Å². The summed E-state index contributed by atoms with van der Waals surface area (Å²) in [6.45, 7) is 1.54. The summed E-state index contributed by atoms with van der Waals surface area (Å²) in [6.07, 6.45) is 0. The van der Waals surface area contributed by atoms with Gasteiger partial charge in [-0.3, -0.25) is 0 Å². The largest absolute Gasteiger partial charge is 0.457 e. The molecule has 2 aliphatic rings. The highest BCUT2D eigenvalue weighted by Crippen LogP contribution is 2.49. The number of likely N-dealkylation sites (N-methyl/N-ethyl adjacent to an activating group) is 1. The van der Waals surface area contributed by atoms with Gasteiger partial charge in [-0.05, 0) is 36.9 Å². The molecule has 0 unspecified atom stereocenters. The van der Waals surface area contributed by atoms with Crippen LogP contribution < -0.4 is 4.74 Å². The first-order chi connectivity index (χ1) is 10.1. The lowest BCUT2D eigenvalue weighted by atomic mass is 9.84. The summed E-state index contributed by atoms with van der Waals surface area (Å²) in [7, 11) is 2.07. The minimum Gasteiger partial charge on any atom is -0.457 e. The third-order valence-corrected chi connectivity index (χ3v) is 4.39. The van der Waals surface area contributed by atoms with Crippen molar-refractivity contribution >= 4 is 11.6 Å². The molecule has 2 heterocycles. The maximum absolute atomic E-state index is 9.14. The van der Waals surface area contributed by atoms with Gasteiger partial charge in [-0.1, -0.05) is 29.8 Å². The molecule has 3 heteroatoms. The van der Waals surface area contributed by atoms with E-state index in [-0.39, 0.29) is 5.92 Å². The number of benzene rings is 2. The zero-order valence-corrected chi connectivity index (χ0v) is 12.0. The van der Waals surface area contributed by atoms with Crippen molar-refractivity contribution in [1.29, 1.82) is 0 Å². The topological polar surface area (TPSA) is 12.5 Å². The second-order valence-corrected chi connectivity index (χ2v) is 5.99. The number of fused-ring (bicyclic) bond motifs is 5. The molecule has 102 valence electrons. The number of halogens is 1. The molecule has 0 spiro atoms. The standard InChI is InChI=1S/C17H16ClNO/c1-19-9-14-12-4-2-3-5-16(12)20-17-7-6-11(18)8-13(17)15(14)10-19/h2-8,14-15H,9-10H2,1H3/t14-,15-/m0/s1/i15T. The second-order valence-electron chi connectivity index (χ2n) is 5.55. The second kappa shape index (κ2) is 4.51. The van der Waals surface area contributed by atoms with Gasteiger partial charge in [0.2, 0.25) is 0 Å².